The first kappa shape index (κ1) is 29.9. The minimum absolute atomic E-state index is 0.292. The van der Waals surface area contributed by atoms with Gasteiger partial charge in [0.1, 0.15) is 0 Å². The molecule has 0 heterocycles. The van der Waals surface area contributed by atoms with Crippen molar-refractivity contribution in [2.24, 2.45) is 5.92 Å². The lowest BCUT2D eigenvalue weighted by atomic mass is 9.70. The summed E-state index contributed by atoms with van der Waals surface area (Å²) in [4.78, 5) is 0. The zero-order chi connectivity index (χ0) is 29.1. The molecule has 1 spiro atoms. The summed E-state index contributed by atoms with van der Waals surface area (Å²) in [5.74, 6) is 0.820. The van der Waals surface area contributed by atoms with Crippen molar-refractivity contribution in [1.29, 1.82) is 0 Å². The molecule has 4 aromatic carbocycles. The maximum Gasteiger partial charge on any atom is 0.0726 e. The zero-order valence-electron chi connectivity index (χ0n) is 25.3. The Labute approximate surface area is 270 Å². The third-order valence-electron chi connectivity index (χ3n) is 9.95. The Morgan fingerprint density at radius 2 is 1.14 bits per heavy atom. The molecule has 0 saturated heterocycles. The first-order valence-corrected chi connectivity index (χ1v) is 18.0. The van der Waals surface area contributed by atoms with Crippen LogP contribution in [-0.4, -0.2) is 0 Å². The van der Waals surface area contributed by atoms with Gasteiger partial charge < -0.3 is 0 Å². The molecule has 2 heteroatoms. The van der Waals surface area contributed by atoms with Crippen LogP contribution < -0.4 is 0 Å². The highest BCUT2D eigenvalue weighted by atomic mass is 79.9. The van der Waals surface area contributed by atoms with E-state index < -0.39 is 0 Å². The molecule has 4 aromatic rings. The maximum atomic E-state index is 4.00. The monoisotopic (exact) mass is 682 g/mol. The van der Waals surface area contributed by atoms with Gasteiger partial charge >= 0.3 is 0 Å². The second-order valence-electron chi connectivity index (χ2n) is 12.6. The largest absolute Gasteiger partial charge is 0.0726 e. The normalized spacial score (nSPS) is 13.8. The van der Waals surface area contributed by atoms with Crippen molar-refractivity contribution in [2.45, 2.75) is 96.3 Å². The number of fused-ring (bicyclic) bond motifs is 10. The average Bonchev–Trinajstić information content (AvgIpc) is 3.46. The Kier molecular flexibility index (Phi) is 9.41. The molecule has 6 rings (SSSR count). The zero-order valence-corrected chi connectivity index (χ0v) is 28.5. The standard InChI is InChI=1S/C40H44Br2/c1-3-5-7-9-15-28(16-10-8-6-4-2)21-22-29-25-31(42)27-38-39(29)34-24-23-30(41)26-37(34)40(38)35-19-13-11-17-32(35)33-18-12-14-20-36(33)40/h11-14,17-20,23-28H,3-10,15-16,21-22H2,1-2H3. The Hall–Kier alpha value is -2.16. The van der Waals surface area contributed by atoms with Gasteiger partial charge in [-0.3, -0.25) is 0 Å². The molecule has 0 fully saturated rings. The molecule has 0 amide bonds. The van der Waals surface area contributed by atoms with Crippen LogP contribution in [0.5, 0.6) is 0 Å². The quantitative estimate of drug-likeness (QED) is 0.106. The number of aryl methyl sites for hydroxylation is 1. The third kappa shape index (κ3) is 5.36. The van der Waals surface area contributed by atoms with Gasteiger partial charge in [0, 0.05) is 8.95 Å². The van der Waals surface area contributed by atoms with E-state index in [1.54, 1.807) is 0 Å². The van der Waals surface area contributed by atoms with Crippen LogP contribution in [0.2, 0.25) is 0 Å². The third-order valence-corrected chi connectivity index (χ3v) is 10.9. The average molecular weight is 685 g/mol. The molecule has 0 aliphatic heterocycles. The highest BCUT2D eigenvalue weighted by Gasteiger charge is 2.52. The number of halogens is 2. The van der Waals surface area contributed by atoms with Crippen LogP contribution >= 0.6 is 31.9 Å². The molecule has 0 nitrogen and oxygen atoms in total. The van der Waals surface area contributed by atoms with Gasteiger partial charge in [-0.1, -0.05) is 165 Å². The smallest absolute Gasteiger partial charge is 0.0654 e. The molecule has 0 radical (unpaired) electrons. The molecule has 0 unspecified atom stereocenters. The second kappa shape index (κ2) is 13.2. The van der Waals surface area contributed by atoms with Gasteiger partial charge in [-0.2, -0.15) is 0 Å². The van der Waals surface area contributed by atoms with Crippen molar-refractivity contribution in [3.63, 3.8) is 0 Å². The SMILES string of the molecule is CCCCCCC(CCCCCC)CCc1cc(Br)cc2c1-c1ccc(Br)cc1C21c2ccccc2-c2ccccc21. The van der Waals surface area contributed by atoms with Gasteiger partial charge in [0.15, 0.2) is 0 Å². The lowest BCUT2D eigenvalue weighted by Gasteiger charge is -2.31. The van der Waals surface area contributed by atoms with E-state index in [0.717, 1.165) is 16.8 Å². The van der Waals surface area contributed by atoms with Gasteiger partial charge in [-0.15, -0.1) is 0 Å². The number of unbranched alkanes of at least 4 members (excludes halogenated alkanes) is 6. The summed E-state index contributed by atoms with van der Waals surface area (Å²) in [7, 11) is 0. The van der Waals surface area contributed by atoms with E-state index >= 15 is 0 Å². The number of hydrogen-bond acceptors (Lipinski definition) is 0. The summed E-state index contributed by atoms with van der Waals surface area (Å²) in [5.41, 5.74) is 12.5. The number of hydrogen-bond donors (Lipinski definition) is 0. The van der Waals surface area contributed by atoms with Crippen LogP contribution in [0.15, 0.2) is 87.8 Å². The Morgan fingerprint density at radius 1 is 0.548 bits per heavy atom. The van der Waals surface area contributed by atoms with E-state index in [1.165, 1.54) is 125 Å². The Bertz CT molecular complexity index is 1490. The molecular weight excluding hydrogens is 640 g/mol. The van der Waals surface area contributed by atoms with E-state index in [-0.39, 0.29) is 5.41 Å². The van der Waals surface area contributed by atoms with Crippen LogP contribution in [0.1, 0.15) is 112 Å². The summed E-state index contributed by atoms with van der Waals surface area (Å²) in [5, 5.41) is 0. The minimum Gasteiger partial charge on any atom is -0.0654 e. The number of benzene rings is 4. The first-order chi connectivity index (χ1) is 20.6. The van der Waals surface area contributed by atoms with E-state index in [1.807, 2.05) is 0 Å². The topological polar surface area (TPSA) is 0 Å². The van der Waals surface area contributed by atoms with Gasteiger partial charge in [0.05, 0.1) is 5.41 Å². The molecule has 0 aromatic heterocycles. The molecular formula is C40H44Br2. The highest BCUT2D eigenvalue weighted by molar-refractivity contribution is 9.10. The van der Waals surface area contributed by atoms with Crippen LogP contribution in [0, 0.1) is 5.92 Å². The second-order valence-corrected chi connectivity index (χ2v) is 14.5. The Morgan fingerprint density at radius 3 is 1.76 bits per heavy atom. The van der Waals surface area contributed by atoms with Crippen LogP contribution in [-0.2, 0) is 11.8 Å². The van der Waals surface area contributed by atoms with E-state index in [0.29, 0.717) is 0 Å². The van der Waals surface area contributed by atoms with Crippen molar-refractivity contribution in [1.82, 2.24) is 0 Å². The van der Waals surface area contributed by atoms with E-state index in [9.17, 15) is 0 Å². The predicted molar refractivity (Wildman–Crippen MR) is 187 cm³/mol. The molecule has 2 aliphatic carbocycles. The van der Waals surface area contributed by atoms with Crippen LogP contribution in [0.3, 0.4) is 0 Å². The van der Waals surface area contributed by atoms with Crippen molar-refractivity contribution in [3.8, 4) is 22.3 Å². The fourth-order valence-corrected chi connectivity index (χ4v) is 8.86. The molecule has 0 atom stereocenters. The summed E-state index contributed by atoms with van der Waals surface area (Å²) in [6.45, 7) is 4.64. The van der Waals surface area contributed by atoms with Gasteiger partial charge in [0.25, 0.3) is 0 Å². The van der Waals surface area contributed by atoms with Gasteiger partial charge in [-0.25, -0.2) is 0 Å². The molecule has 42 heavy (non-hydrogen) atoms. The summed E-state index contributed by atoms with van der Waals surface area (Å²) in [6, 6.07) is 30.1. The van der Waals surface area contributed by atoms with Gasteiger partial charge in [-0.05, 0) is 93.1 Å². The van der Waals surface area contributed by atoms with Gasteiger partial charge in [0.2, 0.25) is 0 Å². The lowest BCUT2D eigenvalue weighted by molar-refractivity contribution is 0.383. The molecule has 2 aliphatic rings. The summed E-state index contributed by atoms with van der Waals surface area (Å²) >= 11 is 7.87. The molecule has 0 N–H and O–H groups in total. The van der Waals surface area contributed by atoms with Crippen LogP contribution in [0.25, 0.3) is 22.3 Å². The summed E-state index contributed by atoms with van der Waals surface area (Å²) in [6.07, 6.45) is 16.1. The molecule has 0 bridgehead atoms. The first-order valence-electron chi connectivity index (χ1n) is 16.4. The van der Waals surface area contributed by atoms with Crippen LogP contribution in [0.4, 0.5) is 0 Å². The fraction of sp³-hybridized carbons (Fsp3) is 0.400. The van der Waals surface area contributed by atoms with Crippen molar-refractivity contribution >= 4 is 31.9 Å². The van der Waals surface area contributed by atoms with E-state index in [4.69, 9.17) is 0 Å². The minimum atomic E-state index is -0.292. The molecule has 218 valence electrons. The Balaban J connectivity index is 1.43. The number of rotatable bonds is 13. The lowest BCUT2D eigenvalue weighted by Crippen LogP contribution is -2.26. The van der Waals surface area contributed by atoms with E-state index in [2.05, 4.69) is 125 Å². The van der Waals surface area contributed by atoms with Crippen molar-refractivity contribution in [3.05, 3.63) is 116 Å². The fourth-order valence-electron chi connectivity index (χ4n) is 7.99. The van der Waals surface area contributed by atoms with Crippen molar-refractivity contribution in [2.75, 3.05) is 0 Å². The predicted octanol–water partition coefficient (Wildman–Crippen LogP) is 13.0. The highest BCUT2D eigenvalue weighted by Crippen LogP contribution is 2.64. The maximum absolute atomic E-state index is 4.00. The summed E-state index contributed by atoms with van der Waals surface area (Å²) < 4.78 is 2.35. The molecule has 0 saturated carbocycles. The van der Waals surface area contributed by atoms with Crippen molar-refractivity contribution < 1.29 is 0 Å².